The lowest BCUT2D eigenvalue weighted by Gasteiger charge is -2.11. The fourth-order valence-corrected chi connectivity index (χ4v) is 2.78. The van der Waals surface area contributed by atoms with Gasteiger partial charge < -0.3 is 14.5 Å². The summed E-state index contributed by atoms with van der Waals surface area (Å²) in [6, 6.07) is 4.36. The molecular weight excluding hydrogens is 382 g/mol. The van der Waals surface area contributed by atoms with E-state index in [0.717, 1.165) is 15.4 Å². The molecule has 2 aromatic heterocycles. The van der Waals surface area contributed by atoms with E-state index >= 15 is 0 Å². The highest BCUT2D eigenvalue weighted by Gasteiger charge is 2.17. The monoisotopic (exact) mass is 396 g/mol. The number of fused-ring (bicyclic) bond motifs is 1. The van der Waals surface area contributed by atoms with Crippen molar-refractivity contribution in [2.45, 2.75) is 6.42 Å². The number of hydrogen-bond donors (Lipinski definition) is 1. The second-order valence-corrected chi connectivity index (χ2v) is 6.14. The summed E-state index contributed by atoms with van der Waals surface area (Å²) < 4.78 is 39.7. The molecule has 0 bridgehead atoms. The van der Waals surface area contributed by atoms with Crippen molar-refractivity contribution in [2.24, 2.45) is 0 Å². The number of methoxy groups -OCH3 is 1. The zero-order chi connectivity index (χ0) is 17.1. The maximum atomic E-state index is 14.6. The summed E-state index contributed by atoms with van der Waals surface area (Å²) in [5.74, 6) is -1.28. The highest BCUT2D eigenvalue weighted by Crippen LogP contribution is 2.28. The van der Waals surface area contributed by atoms with E-state index in [4.69, 9.17) is 9.47 Å². The fraction of sp³-hybridized carbons (Fsp3) is 0.235. The molecule has 0 radical (unpaired) electrons. The largest absolute Gasteiger partial charge is 0.488 e. The summed E-state index contributed by atoms with van der Waals surface area (Å²) in [4.78, 5) is 7.23. The van der Waals surface area contributed by atoms with Gasteiger partial charge in [-0.1, -0.05) is 0 Å². The summed E-state index contributed by atoms with van der Waals surface area (Å²) >= 11 is 3.36. The Morgan fingerprint density at radius 2 is 2.08 bits per heavy atom. The summed E-state index contributed by atoms with van der Waals surface area (Å²) in [6.45, 7) is 0.525. The molecule has 3 rings (SSSR count). The average molecular weight is 397 g/mol. The first-order valence-electron chi connectivity index (χ1n) is 7.30. The van der Waals surface area contributed by atoms with Gasteiger partial charge in [0.25, 0.3) is 0 Å². The van der Waals surface area contributed by atoms with E-state index in [1.165, 1.54) is 19.2 Å². The Morgan fingerprint density at radius 1 is 1.25 bits per heavy atom. The number of pyridine rings is 1. The molecule has 0 saturated carbocycles. The molecule has 0 atom stereocenters. The van der Waals surface area contributed by atoms with Gasteiger partial charge in [0, 0.05) is 41.3 Å². The van der Waals surface area contributed by atoms with E-state index in [1.54, 1.807) is 12.4 Å². The second-order valence-electron chi connectivity index (χ2n) is 5.22. The van der Waals surface area contributed by atoms with Crippen molar-refractivity contribution in [3.63, 3.8) is 0 Å². The van der Waals surface area contributed by atoms with E-state index in [-0.39, 0.29) is 24.3 Å². The van der Waals surface area contributed by atoms with Gasteiger partial charge in [-0.2, -0.15) is 0 Å². The van der Waals surface area contributed by atoms with Crippen molar-refractivity contribution in [1.82, 2.24) is 9.97 Å². The molecular formula is C17H15BrF2N2O2. The minimum atomic E-state index is -0.691. The Balaban J connectivity index is 1.93. The zero-order valence-electron chi connectivity index (χ0n) is 12.9. The highest BCUT2D eigenvalue weighted by molar-refractivity contribution is 9.10. The van der Waals surface area contributed by atoms with E-state index in [2.05, 4.69) is 25.9 Å². The van der Waals surface area contributed by atoms with Crippen LogP contribution in [0, 0.1) is 11.6 Å². The molecule has 126 valence electrons. The lowest BCUT2D eigenvalue weighted by atomic mass is 10.0. The van der Waals surface area contributed by atoms with Crippen molar-refractivity contribution in [2.75, 3.05) is 20.3 Å². The van der Waals surface area contributed by atoms with Crippen LogP contribution in [-0.2, 0) is 11.2 Å². The Morgan fingerprint density at radius 3 is 2.88 bits per heavy atom. The van der Waals surface area contributed by atoms with Crippen molar-refractivity contribution >= 4 is 27.0 Å². The molecule has 0 fully saturated rings. The van der Waals surface area contributed by atoms with Gasteiger partial charge in [-0.25, -0.2) is 13.8 Å². The molecule has 0 aliphatic rings. The van der Waals surface area contributed by atoms with Gasteiger partial charge in [0.1, 0.15) is 18.1 Å². The van der Waals surface area contributed by atoms with Crippen LogP contribution >= 0.6 is 15.9 Å². The molecule has 0 unspecified atom stereocenters. The van der Waals surface area contributed by atoms with Crippen LogP contribution in [0.5, 0.6) is 5.75 Å². The van der Waals surface area contributed by atoms with Gasteiger partial charge in [-0.3, -0.25) is 0 Å². The Kier molecular flexibility index (Phi) is 5.11. The minimum Gasteiger partial charge on any atom is -0.488 e. The smallest absolute Gasteiger partial charge is 0.171 e. The molecule has 4 nitrogen and oxygen atoms in total. The summed E-state index contributed by atoms with van der Waals surface area (Å²) in [7, 11) is 1.53. The fourth-order valence-electron chi connectivity index (χ4n) is 2.45. The van der Waals surface area contributed by atoms with E-state index < -0.39 is 11.6 Å². The molecule has 0 amide bonds. The number of aromatic nitrogens is 2. The van der Waals surface area contributed by atoms with Crippen LogP contribution in [0.3, 0.4) is 0 Å². The van der Waals surface area contributed by atoms with Gasteiger partial charge in [0.15, 0.2) is 11.6 Å². The van der Waals surface area contributed by atoms with Crippen molar-refractivity contribution in [3.8, 4) is 5.75 Å². The average Bonchev–Trinajstić information content (AvgIpc) is 2.96. The number of H-pyrrole nitrogens is 1. The highest BCUT2D eigenvalue weighted by atomic mass is 79.9. The quantitative estimate of drug-likeness (QED) is 0.634. The number of nitrogens with zero attached hydrogens (tertiary/aromatic N) is 1. The number of nitrogens with one attached hydrogen (secondary N) is 1. The summed E-state index contributed by atoms with van der Waals surface area (Å²) in [5, 5.41) is 0.814. The second kappa shape index (κ2) is 7.27. The van der Waals surface area contributed by atoms with Crippen LogP contribution in [0.1, 0.15) is 11.1 Å². The third-order valence-electron chi connectivity index (χ3n) is 3.65. The topological polar surface area (TPSA) is 47.1 Å². The first kappa shape index (κ1) is 16.9. The van der Waals surface area contributed by atoms with Crippen LogP contribution in [0.4, 0.5) is 8.78 Å². The molecule has 7 heteroatoms. The lowest BCUT2D eigenvalue weighted by Crippen LogP contribution is -2.07. The summed E-state index contributed by atoms with van der Waals surface area (Å²) in [5.41, 5.74) is 1.39. The van der Waals surface area contributed by atoms with Crippen molar-refractivity contribution in [1.29, 1.82) is 0 Å². The van der Waals surface area contributed by atoms with E-state index in [9.17, 15) is 8.78 Å². The van der Waals surface area contributed by atoms with Gasteiger partial charge in [-0.05, 0) is 39.7 Å². The number of benzene rings is 1. The molecule has 0 saturated heterocycles. The SMILES string of the molecule is COCCOc1ccc(F)c(Cc2c[nH]c3ncc(Br)cc23)c1F. The van der Waals surface area contributed by atoms with Crippen LogP contribution in [0.2, 0.25) is 0 Å². The molecule has 1 aromatic carbocycles. The Labute approximate surface area is 145 Å². The number of aromatic amines is 1. The van der Waals surface area contributed by atoms with Crippen LogP contribution in [0.15, 0.2) is 35.1 Å². The Hall–Kier alpha value is -1.99. The molecule has 0 aliphatic heterocycles. The van der Waals surface area contributed by atoms with Gasteiger partial charge in [0.05, 0.1) is 6.61 Å². The van der Waals surface area contributed by atoms with E-state index in [0.29, 0.717) is 12.3 Å². The summed E-state index contributed by atoms with van der Waals surface area (Å²) in [6.07, 6.45) is 3.47. The lowest BCUT2D eigenvalue weighted by molar-refractivity contribution is 0.143. The predicted molar refractivity (Wildman–Crippen MR) is 90.3 cm³/mol. The molecule has 2 heterocycles. The molecule has 0 spiro atoms. The minimum absolute atomic E-state index is 0.0163. The zero-order valence-corrected chi connectivity index (χ0v) is 14.5. The van der Waals surface area contributed by atoms with Crippen LogP contribution in [0.25, 0.3) is 11.0 Å². The molecule has 24 heavy (non-hydrogen) atoms. The number of rotatable bonds is 6. The molecule has 1 N–H and O–H groups in total. The van der Waals surface area contributed by atoms with Gasteiger partial charge >= 0.3 is 0 Å². The number of ether oxygens (including phenoxy) is 2. The normalized spacial score (nSPS) is 11.2. The number of halogens is 3. The maximum Gasteiger partial charge on any atom is 0.171 e. The predicted octanol–water partition coefficient (Wildman–Crippen LogP) is 4.22. The standard InChI is InChI=1S/C17H15BrF2N2O2/c1-23-4-5-24-15-3-2-14(19)13(16(15)20)6-10-8-21-17-12(10)7-11(18)9-22-17/h2-3,7-9H,4-6H2,1H3,(H,21,22). The van der Waals surface area contributed by atoms with Gasteiger partial charge in [0.2, 0.25) is 0 Å². The number of hydrogen-bond acceptors (Lipinski definition) is 3. The van der Waals surface area contributed by atoms with E-state index in [1.807, 2.05) is 6.07 Å². The maximum absolute atomic E-state index is 14.6. The van der Waals surface area contributed by atoms with Crippen LogP contribution in [-0.4, -0.2) is 30.3 Å². The Bertz CT molecular complexity index is 867. The third-order valence-corrected chi connectivity index (χ3v) is 4.08. The molecule has 3 aromatic rings. The van der Waals surface area contributed by atoms with Crippen molar-refractivity contribution in [3.05, 3.63) is 57.8 Å². The van der Waals surface area contributed by atoms with Crippen LogP contribution < -0.4 is 4.74 Å². The first-order valence-corrected chi connectivity index (χ1v) is 8.09. The molecule has 0 aliphatic carbocycles. The van der Waals surface area contributed by atoms with Crippen molar-refractivity contribution < 1.29 is 18.3 Å². The van der Waals surface area contributed by atoms with Gasteiger partial charge in [-0.15, -0.1) is 0 Å². The first-order chi connectivity index (χ1) is 11.6. The third kappa shape index (κ3) is 3.42.